The number of para-hydroxylation sites is 1. The van der Waals surface area contributed by atoms with E-state index in [1.807, 2.05) is 28.8 Å². The molecule has 0 unspecified atom stereocenters. The van der Waals surface area contributed by atoms with Crippen LogP contribution in [0.2, 0.25) is 0 Å². The number of hydrogen-bond acceptors (Lipinski definition) is 6. The van der Waals surface area contributed by atoms with Crippen molar-refractivity contribution in [2.75, 3.05) is 27.4 Å². The van der Waals surface area contributed by atoms with Crippen LogP contribution in [-0.4, -0.2) is 58.0 Å². The number of H-pyrrole nitrogens is 1. The first-order chi connectivity index (χ1) is 13.7. The zero-order chi connectivity index (χ0) is 19.5. The first kappa shape index (κ1) is 18.2. The molecule has 3 heterocycles. The van der Waals surface area contributed by atoms with Crippen LogP contribution in [-0.2, 0) is 17.7 Å². The number of methoxy groups -OCH3 is 2. The maximum Gasteiger partial charge on any atom is 0.271 e. The van der Waals surface area contributed by atoms with Crippen LogP contribution in [0.15, 0.2) is 30.6 Å². The van der Waals surface area contributed by atoms with Crippen molar-refractivity contribution < 1.29 is 14.3 Å². The summed E-state index contributed by atoms with van der Waals surface area (Å²) in [6, 6.07) is 7.87. The molecule has 9 nitrogen and oxygen atoms in total. The number of ether oxygens (including phenoxy) is 2. The highest BCUT2D eigenvalue weighted by Gasteiger charge is 2.28. The summed E-state index contributed by atoms with van der Waals surface area (Å²) in [5.74, 6) is 1.78. The molecular formula is C19H22N6O3. The molecule has 0 saturated carbocycles. The number of aromatic nitrogens is 5. The number of benzene rings is 1. The van der Waals surface area contributed by atoms with Gasteiger partial charge in [0.1, 0.15) is 17.8 Å². The summed E-state index contributed by atoms with van der Waals surface area (Å²) < 4.78 is 12.5. The average molecular weight is 382 g/mol. The maximum absolute atomic E-state index is 12.6. The van der Waals surface area contributed by atoms with E-state index in [1.165, 1.54) is 0 Å². The van der Waals surface area contributed by atoms with Crippen LogP contribution in [0.4, 0.5) is 0 Å². The van der Waals surface area contributed by atoms with E-state index in [0.717, 1.165) is 17.0 Å². The number of nitrogens with zero attached hydrogens (tertiary/aromatic N) is 4. The molecule has 9 heteroatoms. The molecule has 0 saturated heterocycles. The number of carbonyl (C=O) groups is 1. The van der Waals surface area contributed by atoms with Gasteiger partial charge in [-0.3, -0.25) is 4.79 Å². The van der Waals surface area contributed by atoms with Crippen LogP contribution in [0.3, 0.4) is 0 Å². The molecule has 1 atom stereocenters. The van der Waals surface area contributed by atoms with E-state index in [1.54, 1.807) is 20.5 Å². The van der Waals surface area contributed by atoms with Gasteiger partial charge in [-0.05, 0) is 18.1 Å². The SMILES string of the molecule is COCCn1cnnc1-c1nc2c([nH]1)C[C@H](c1ccccc1OC)CNC2=O. The van der Waals surface area contributed by atoms with Crippen LogP contribution in [0.25, 0.3) is 11.6 Å². The summed E-state index contributed by atoms with van der Waals surface area (Å²) >= 11 is 0. The molecule has 1 aliphatic rings. The van der Waals surface area contributed by atoms with E-state index in [-0.39, 0.29) is 11.8 Å². The zero-order valence-electron chi connectivity index (χ0n) is 15.8. The van der Waals surface area contributed by atoms with Crippen molar-refractivity contribution in [1.29, 1.82) is 0 Å². The van der Waals surface area contributed by atoms with Gasteiger partial charge in [-0.25, -0.2) is 4.98 Å². The summed E-state index contributed by atoms with van der Waals surface area (Å²) in [6.07, 6.45) is 2.26. The van der Waals surface area contributed by atoms with Gasteiger partial charge in [0.15, 0.2) is 11.6 Å². The van der Waals surface area contributed by atoms with Crippen molar-refractivity contribution in [2.24, 2.45) is 0 Å². The molecule has 28 heavy (non-hydrogen) atoms. The normalized spacial score (nSPS) is 16.4. The Kier molecular flexibility index (Phi) is 5.07. The van der Waals surface area contributed by atoms with E-state index in [0.29, 0.717) is 43.5 Å². The third kappa shape index (κ3) is 3.36. The Balaban J connectivity index is 1.67. The van der Waals surface area contributed by atoms with Gasteiger partial charge in [-0.1, -0.05) is 18.2 Å². The molecule has 1 aromatic carbocycles. The van der Waals surface area contributed by atoms with E-state index < -0.39 is 0 Å². The number of hydrogen-bond donors (Lipinski definition) is 2. The Bertz CT molecular complexity index is 980. The molecule has 146 valence electrons. The third-order valence-electron chi connectivity index (χ3n) is 4.90. The minimum Gasteiger partial charge on any atom is -0.496 e. The quantitative estimate of drug-likeness (QED) is 0.667. The highest BCUT2D eigenvalue weighted by atomic mass is 16.5. The molecular weight excluding hydrogens is 360 g/mol. The largest absolute Gasteiger partial charge is 0.496 e. The van der Waals surface area contributed by atoms with Gasteiger partial charge in [-0.2, -0.15) is 0 Å². The summed E-state index contributed by atoms with van der Waals surface area (Å²) in [5, 5.41) is 11.1. The molecule has 1 aliphatic heterocycles. The maximum atomic E-state index is 12.6. The van der Waals surface area contributed by atoms with E-state index >= 15 is 0 Å². The molecule has 0 spiro atoms. The summed E-state index contributed by atoms with van der Waals surface area (Å²) in [5.41, 5.74) is 2.23. The fourth-order valence-electron chi connectivity index (χ4n) is 3.48. The Morgan fingerprint density at radius 1 is 1.29 bits per heavy atom. The molecule has 2 aromatic heterocycles. The molecule has 0 radical (unpaired) electrons. The van der Waals surface area contributed by atoms with Crippen molar-refractivity contribution >= 4 is 5.91 Å². The fourth-order valence-corrected chi connectivity index (χ4v) is 3.48. The number of rotatable bonds is 6. The molecule has 3 aromatic rings. The molecule has 4 rings (SSSR count). The number of aromatic amines is 1. The molecule has 0 bridgehead atoms. The van der Waals surface area contributed by atoms with Crippen LogP contribution >= 0.6 is 0 Å². The van der Waals surface area contributed by atoms with Gasteiger partial charge in [-0.15, -0.1) is 10.2 Å². The highest BCUT2D eigenvalue weighted by Crippen LogP contribution is 2.31. The lowest BCUT2D eigenvalue weighted by Crippen LogP contribution is -2.26. The van der Waals surface area contributed by atoms with Crippen LogP contribution in [0.5, 0.6) is 5.75 Å². The fraction of sp³-hybridized carbons (Fsp3) is 0.368. The number of fused-ring (bicyclic) bond motifs is 1. The smallest absolute Gasteiger partial charge is 0.271 e. The van der Waals surface area contributed by atoms with Gasteiger partial charge < -0.3 is 24.3 Å². The Morgan fingerprint density at radius 3 is 2.96 bits per heavy atom. The van der Waals surface area contributed by atoms with Crippen molar-refractivity contribution in [2.45, 2.75) is 18.9 Å². The first-order valence-corrected chi connectivity index (χ1v) is 9.08. The standard InChI is InChI=1S/C19H22N6O3/c1-27-8-7-25-11-21-24-18(25)17-22-14-9-12(10-20-19(26)16(14)23-17)13-5-3-4-6-15(13)28-2/h3-6,11-12H,7-10H2,1-2H3,(H,20,26)(H,22,23)/t12-/m0/s1. The number of imidazole rings is 1. The topological polar surface area (TPSA) is 107 Å². The Hall–Kier alpha value is -3.20. The lowest BCUT2D eigenvalue weighted by Gasteiger charge is -2.17. The van der Waals surface area contributed by atoms with Gasteiger partial charge in [0.2, 0.25) is 0 Å². The molecule has 1 amide bonds. The second-order valence-electron chi connectivity index (χ2n) is 6.61. The van der Waals surface area contributed by atoms with Gasteiger partial charge in [0, 0.05) is 31.8 Å². The first-order valence-electron chi connectivity index (χ1n) is 9.08. The zero-order valence-corrected chi connectivity index (χ0v) is 15.8. The van der Waals surface area contributed by atoms with Crippen LogP contribution in [0, 0.1) is 0 Å². The lowest BCUT2D eigenvalue weighted by atomic mass is 9.93. The highest BCUT2D eigenvalue weighted by molar-refractivity contribution is 5.94. The second kappa shape index (κ2) is 7.81. The predicted octanol–water partition coefficient (Wildman–Crippen LogP) is 1.39. The molecule has 2 N–H and O–H groups in total. The number of carbonyl (C=O) groups excluding carboxylic acids is 1. The van der Waals surface area contributed by atoms with Crippen LogP contribution in [0.1, 0.15) is 27.7 Å². The average Bonchev–Trinajstić information content (AvgIpc) is 3.32. The molecule has 0 aliphatic carbocycles. The van der Waals surface area contributed by atoms with Gasteiger partial charge in [0.25, 0.3) is 5.91 Å². The summed E-state index contributed by atoms with van der Waals surface area (Å²) in [7, 11) is 3.29. The van der Waals surface area contributed by atoms with Crippen molar-refractivity contribution in [3.05, 3.63) is 47.5 Å². The monoisotopic (exact) mass is 382 g/mol. The Labute approximate surface area is 162 Å². The Morgan fingerprint density at radius 2 is 2.14 bits per heavy atom. The summed E-state index contributed by atoms with van der Waals surface area (Å²) in [4.78, 5) is 20.4. The predicted molar refractivity (Wildman–Crippen MR) is 101 cm³/mol. The number of nitrogens with one attached hydrogen (secondary N) is 2. The van der Waals surface area contributed by atoms with E-state index in [2.05, 4.69) is 25.5 Å². The van der Waals surface area contributed by atoms with Crippen molar-refractivity contribution in [3.8, 4) is 17.4 Å². The molecule has 0 fully saturated rings. The van der Waals surface area contributed by atoms with Crippen molar-refractivity contribution in [3.63, 3.8) is 0 Å². The second-order valence-corrected chi connectivity index (χ2v) is 6.61. The number of amides is 1. The summed E-state index contributed by atoms with van der Waals surface area (Å²) in [6.45, 7) is 1.64. The van der Waals surface area contributed by atoms with E-state index in [4.69, 9.17) is 9.47 Å². The van der Waals surface area contributed by atoms with Gasteiger partial charge >= 0.3 is 0 Å². The minimum absolute atomic E-state index is 0.0704. The third-order valence-corrected chi connectivity index (χ3v) is 4.90. The minimum atomic E-state index is -0.196. The van der Waals surface area contributed by atoms with E-state index in [9.17, 15) is 4.79 Å². The lowest BCUT2D eigenvalue weighted by molar-refractivity contribution is 0.0950. The van der Waals surface area contributed by atoms with Gasteiger partial charge in [0.05, 0.1) is 13.7 Å². The van der Waals surface area contributed by atoms with Crippen LogP contribution < -0.4 is 10.1 Å². The van der Waals surface area contributed by atoms with Crippen molar-refractivity contribution in [1.82, 2.24) is 30.0 Å².